The number of pyridine rings is 1. The summed E-state index contributed by atoms with van der Waals surface area (Å²) in [7, 11) is -3.72. The molecular weight excluding hydrogens is 479 g/mol. The minimum absolute atomic E-state index is 0.154. The summed E-state index contributed by atoms with van der Waals surface area (Å²) in [6.07, 6.45) is 1.50. The molecule has 0 bridgehead atoms. The summed E-state index contributed by atoms with van der Waals surface area (Å²) < 4.78 is 24.9. The number of anilines is 2. The van der Waals surface area contributed by atoms with Crippen LogP contribution in [0.15, 0.2) is 70.4 Å². The molecule has 11 heteroatoms. The Morgan fingerprint density at radius 2 is 1.68 bits per heavy atom. The van der Waals surface area contributed by atoms with Crippen LogP contribution < -0.4 is 15.6 Å². The monoisotopic (exact) mass is 492 g/mol. The first-order valence-corrected chi connectivity index (χ1v) is 11.9. The van der Waals surface area contributed by atoms with Crippen molar-refractivity contribution in [1.29, 1.82) is 0 Å². The number of hydrogen-bond donors (Lipinski definition) is 3. The number of hydrogen-bond acceptors (Lipinski definition) is 6. The molecule has 0 radical (unpaired) electrons. The van der Waals surface area contributed by atoms with Crippen LogP contribution in [0.3, 0.4) is 0 Å². The lowest BCUT2D eigenvalue weighted by molar-refractivity contribution is 0.102. The van der Waals surface area contributed by atoms with Gasteiger partial charge in [-0.15, -0.1) is 16.2 Å². The highest BCUT2D eigenvalue weighted by Gasteiger charge is 2.18. The molecule has 158 valence electrons. The van der Waals surface area contributed by atoms with Crippen LogP contribution >= 0.6 is 34.5 Å². The molecule has 0 aliphatic heterocycles. The lowest BCUT2D eigenvalue weighted by Crippen LogP contribution is -2.29. The molecule has 0 saturated carbocycles. The van der Waals surface area contributed by atoms with Crippen LogP contribution in [-0.4, -0.2) is 19.3 Å². The van der Waals surface area contributed by atoms with Crippen molar-refractivity contribution in [1.82, 2.24) is 9.82 Å². The standard InChI is InChI=1S/C20H14Cl2N4O3S2/c21-13-5-2-6-14(22)18(13)20(27)24-16-7-1-4-12-15(9-10-23-19(12)16)25-26-31(28,29)17-8-3-11-30-17/h1-11,26H,(H,23,25)(H,24,27). The van der Waals surface area contributed by atoms with Crippen LogP contribution in [0, 0.1) is 0 Å². The molecule has 2 heterocycles. The Bertz CT molecular complexity index is 1360. The lowest BCUT2D eigenvalue weighted by atomic mass is 10.1. The van der Waals surface area contributed by atoms with E-state index < -0.39 is 15.9 Å². The highest BCUT2D eigenvalue weighted by Crippen LogP contribution is 2.30. The summed E-state index contributed by atoms with van der Waals surface area (Å²) in [5.41, 5.74) is 4.22. The van der Waals surface area contributed by atoms with Crippen LogP contribution in [0.4, 0.5) is 11.4 Å². The molecule has 0 aliphatic rings. The van der Waals surface area contributed by atoms with Gasteiger partial charge in [-0.1, -0.05) is 47.5 Å². The van der Waals surface area contributed by atoms with E-state index in [1.807, 2.05) is 0 Å². The van der Waals surface area contributed by atoms with Gasteiger partial charge in [0.1, 0.15) is 4.21 Å². The van der Waals surface area contributed by atoms with Gasteiger partial charge in [0.2, 0.25) is 0 Å². The van der Waals surface area contributed by atoms with Gasteiger partial charge in [0.05, 0.1) is 32.5 Å². The maximum Gasteiger partial charge on any atom is 0.266 e. The van der Waals surface area contributed by atoms with Crippen molar-refractivity contribution in [3.05, 3.63) is 81.8 Å². The first kappa shape index (κ1) is 21.5. The predicted octanol–water partition coefficient (Wildman–Crippen LogP) is 5.16. The summed E-state index contributed by atoms with van der Waals surface area (Å²) in [4.78, 5) is 19.4. The topological polar surface area (TPSA) is 100 Å². The molecule has 3 N–H and O–H groups in total. The Balaban J connectivity index is 1.63. The van der Waals surface area contributed by atoms with E-state index in [4.69, 9.17) is 23.2 Å². The first-order chi connectivity index (χ1) is 14.9. The molecule has 0 fully saturated rings. The number of amides is 1. The average molecular weight is 493 g/mol. The number of halogens is 2. The first-order valence-electron chi connectivity index (χ1n) is 8.81. The fraction of sp³-hybridized carbons (Fsp3) is 0. The molecule has 1 amide bonds. The van der Waals surface area contributed by atoms with Gasteiger partial charge >= 0.3 is 0 Å². The Kier molecular flexibility index (Phi) is 6.12. The van der Waals surface area contributed by atoms with Gasteiger partial charge < -0.3 is 10.7 Å². The van der Waals surface area contributed by atoms with Crippen molar-refractivity contribution in [3.63, 3.8) is 0 Å². The summed E-state index contributed by atoms with van der Waals surface area (Å²) in [5.74, 6) is -0.485. The molecule has 31 heavy (non-hydrogen) atoms. The molecule has 4 aromatic rings. The van der Waals surface area contributed by atoms with Crippen molar-refractivity contribution in [2.45, 2.75) is 4.21 Å². The summed E-state index contributed by atoms with van der Waals surface area (Å²) >= 11 is 13.4. The average Bonchev–Trinajstić information content (AvgIpc) is 3.28. The largest absolute Gasteiger partial charge is 0.320 e. The quantitative estimate of drug-likeness (QED) is 0.322. The van der Waals surface area contributed by atoms with E-state index >= 15 is 0 Å². The van der Waals surface area contributed by atoms with E-state index in [9.17, 15) is 13.2 Å². The fourth-order valence-corrected chi connectivity index (χ4v) is 5.29. The number of rotatable bonds is 6. The van der Waals surface area contributed by atoms with Gasteiger partial charge in [-0.2, -0.15) is 0 Å². The number of thiophene rings is 1. The van der Waals surface area contributed by atoms with Crippen LogP contribution in [0.5, 0.6) is 0 Å². The molecule has 0 saturated heterocycles. The van der Waals surface area contributed by atoms with Crippen LogP contribution in [0.25, 0.3) is 10.9 Å². The van der Waals surface area contributed by atoms with Crippen molar-refractivity contribution in [2.75, 3.05) is 10.7 Å². The summed E-state index contributed by atoms with van der Waals surface area (Å²) in [5, 5.41) is 5.49. The van der Waals surface area contributed by atoms with Gasteiger partial charge in [-0.05, 0) is 35.7 Å². The molecule has 2 aromatic carbocycles. The SMILES string of the molecule is O=C(Nc1cccc2c(NNS(=O)(=O)c3cccs3)ccnc12)c1c(Cl)cccc1Cl. The van der Waals surface area contributed by atoms with Crippen LogP contribution in [-0.2, 0) is 10.0 Å². The number of fused-ring (bicyclic) bond motifs is 1. The highest BCUT2D eigenvalue weighted by molar-refractivity contribution is 7.91. The van der Waals surface area contributed by atoms with Crippen molar-refractivity contribution in [3.8, 4) is 0 Å². The van der Waals surface area contributed by atoms with Crippen LogP contribution in [0.1, 0.15) is 10.4 Å². The minimum atomic E-state index is -3.72. The molecule has 7 nitrogen and oxygen atoms in total. The lowest BCUT2D eigenvalue weighted by Gasteiger charge is -2.13. The second kappa shape index (κ2) is 8.81. The molecule has 0 unspecified atom stereocenters. The second-order valence-electron chi connectivity index (χ2n) is 6.27. The van der Waals surface area contributed by atoms with Gasteiger partial charge in [0.25, 0.3) is 15.9 Å². The van der Waals surface area contributed by atoms with Gasteiger partial charge in [-0.3, -0.25) is 9.78 Å². The molecule has 0 spiro atoms. The van der Waals surface area contributed by atoms with E-state index in [2.05, 4.69) is 20.6 Å². The molecule has 2 aromatic heterocycles. The Morgan fingerprint density at radius 1 is 0.935 bits per heavy atom. The van der Waals surface area contributed by atoms with Crippen molar-refractivity contribution in [2.24, 2.45) is 0 Å². The molecular formula is C20H14Cl2N4O3S2. The maximum absolute atomic E-state index is 12.8. The van der Waals surface area contributed by atoms with Gasteiger partial charge in [0.15, 0.2) is 0 Å². The van der Waals surface area contributed by atoms with Crippen molar-refractivity contribution >= 4 is 72.7 Å². The number of nitrogens with one attached hydrogen (secondary N) is 3. The zero-order valence-electron chi connectivity index (χ0n) is 15.6. The Morgan fingerprint density at radius 3 is 2.39 bits per heavy atom. The Hall–Kier alpha value is -2.69. The maximum atomic E-state index is 12.8. The predicted molar refractivity (Wildman–Crippen MR) is 124 cm³/mol. The van der Waals surface area contributed by atoms with E-state index in [1.54, 1.807) is 53.9 Å². The zero-order chi connectivity index (χ0) is 22.0. The molecule has 4 rings (SSSR count). The minimum Gasteiger partial charge on any atom is -0.320 e. The van der Waals surface area contributed by atoms with E-state index in [0.717, 1.165) is 11.3 Å². The third-order valence-electron chi connectivity index (χ3n) is 4.29. The van der Waals surface area contributed by atoms with Crippen molar-refractivity contribution < 1.29 is 13.2 Å². The Labute approximate surface area is 192 Å². The molecule has 0 aliphatic carbocycles. The normalized spacial score (nSPS) is 11.4. The number of sulfonamides is 1. The third kappa shape index (κ3) is 4.51. The second-order valence-corrected chi connectivity index (χ2v) is 9.94. The van der Waals surface area contributed by atoms with Gasteiger partial charge in [-0.25, -0.2) is 8.42 Å². The highest BCUT2D eigenvalue weighted by atomic mass is 35.5. The van der Waals surface area contributed by atoms with E-state index in [0.29, 0.717) is 22.3 Å². The molecule has 0 atom stereocenters. The number of para-hydroxylation sites is 1. The third-order valence-corrected chi connectivity index (χ3v) is 7.56. The van der Waals surface area contributed by atoms with Crippen LogP contribution in [0.2, 0.25) is 10.0 Å². The fourth-order valence-electron chi connectivity index (χ4n) is 2.87. The smallest absolute Gasteiger partial charge is 0.266 e. The number of benzene rings is 2. The number of hydrazine groups is 1. The number of carbonyl (C=O) groups is 1. The number of carbonyl (C=O) groups excluding carboxylic acids is 1. The number of nitrogens with zero attached hydrogens (tertiary/aromatic N) is 1. The van der Waals surface area contributed by atoms with E-state index in [1.165, 1.54) is 12.3 Å². The van der Waals surface area contributed by atoms with Gasteiger partial charge in [0, 0.05) is 11.6 Å². The zero-order valence-corrected chi connectivity index (χ0v) is 18.7. The van der Waals surface area contributed by atoms with E-state index in [-0.39, 0.29) is 19.8 Å². The summed E-state index contributed by atoms with van der Waals surface area (Å²) in [6, 6.07) is 14.7. The summed E-state index contributed by atoms with van der Waals surface area (Å²) in [6.45, 7) is 0. The number of aromatic nitrogens is 1.